The standard InChI is InChI=1S/C23H20ClNO4/c1-4-13-29-19-11-5-16(6-12-19)14-20-22(26)21(23(27)28-3)15(2)25(20)18-9-7-17(24)8-10-18/h4-12,14H,1,13H2,2-3H3/b20-14-. The van der Waals surface area contributed by atoms with E-state index in [0.717, 1.165) is 11.3 Å². The summed E-state index contributed by atoms with van der Waals surface area (Å²) in [5.74, 6) is -0.358. The van der Waals surface area contributed by atoms with E-state index in [2.05, 4.69) is 6.58 Å². The van der Waals surface area contributed by atoms with Crippen molar-refractivity contribution in [3.63, 3.8) is 0 Å². The topological polar surface area (TPSA) is 55.8 Å². The number of ketones is 1. The van der Waals surface area contributed by atoms with Crippen LogP contribution in [0.2, 0.25) is 5.02 Å². The van der Waals surface area contributed by atoms with E-state index in [0.29, 0.717) is 28.8 Å². The van der Waals surface area contributed by atoms with Gasteiger partial charge >= 0.3 is 5.97 Å². The van der Waals surface area contributed by atoms with Gasteiger partial charge in [0.15, 0.2) is 0 Å². The molecule has 1 aliphatic heterocycles. The molecule has 0 aromatic heterocycles. The first-order valence-corrected chi connectivity index (χ1v) is 9.29. The largest absolute Gasteiger partial charge is 0.490 e. The number of allylic oxidation sites excluding steroid dienone is 2. The quantitative estimate of drug-likeness (QED) is 0.297. The van der Waals surface area contributed by atoms with Crippen molar-refractivity contribution in [1.82, 2.24) is 0 Å². The van der Waals surface area contributed by atoms with Gasteiger partial charge in [-0.05, 0) is 55.0 Å². The molecule has 0 N–H and O–H groups in total. The number of hydrogen-bond acceptors (Lipinski definition) is 5. The predicted molar refractivity (Wildman–Crippen MR) is 114 cm³/mol. The number of Topliss-reactive ketones (excluding diaryl/α,β-unsaturated/α-hetero) is 1. The highest BCUT2D eigenvalue weighted by atomic mass is 35.5. The summed E-state index contributed by atoms with van der Waals surface area (Å²) in [6.07, 6.45) is 3.40. The molecule has 2 aromatic rings. The van der Waals surface area contributed by atoms with Gasteiger partial charge in [-0.3, -0.25) is 4.79 Å². The molecule has 0 amide bonds. The van der Waals surface area contributed by atoms with Crippen LogP contribution in [0, 0.1) is 0 Å². The molecule has 29 heavy (non-hydrogen) atoms. The first-order valence-electron chi connectivity index (χ1n) is 8.91. The van der Waals surface area contributed by atoms with Gasteiger partial charge < -0.3 is 14.4 Å². The Labute approximate surface area is 174 Å². The summed E-state index contributed by atoms with van der Waals surface area (Å²) in [6.45, 7) is 5.75. The van der Waals surface area contributed by atoms with E-state index in [4.69, 9.17) is 21.1 Å². The number of rotatable bonds is 6. The van der Waals surface area contributed by atoms with Crippen molar-refractivity contribution in [3.8, 4) is 5.75 Å². The van der Waals surface area contributed by atoms with Crippen molar-refractivity contribution in [2.24, 2.45) is 0 Å². The van der Waals surface area contributed by atoms with Gasteiger partial charge in [0, 0.05) is 16.4 Å². The number of halogens is 1. The molecular formula is C23H20ClNO4. The average molecular weight is 410 g/mol. The molecule has 148 valence electrons. The maximum atomic E-state index is 13.0. The molecule has 1 aliphatic rings. The van der Waals surface area contributed by atoms with Gasteiger partial charge in [-0.15, -0.1) is 0 Å². The molecule has 0 saturated heterocycles. The van der Waals surface area contributed by atoms with E-state index < -0.39 is 11.8 Å². The monoisotopic (exact) mass is 409 g/mol. The van der Waals surface area contributed by atoms with Gasteiger partial charge in [0.1, 0.15) is 17.9 Å². The molecule has 3 rings (SSSR count). The zero-order valence-corrected chi connectivity index (χ0v) is 16.9. The fourth-order valence-electron chi connectivity index (χ4n) is 3.06. The van der Waals surface area contributed by atoms with Crippen molar-refractivity contribution in [1.29, 1.82) is 0 Å². The molecular weight excluding hydrogens is 390 g/mol. The van der Waals surface area contributed by atoms with Crippen LogP contribution < -0.4 is 9.64 Å². The third-order valence-corrected chi connectivity index (χ3v) is 4.68. The van der Waals surface area contributed by atoms with Crippen LogP contribution in [0.1, 0.15) is 12.5 Å². The van der Waals surface area contributed by atoms with Gasteiger partial charge in [0.05, 0.1) is 12.8 Å². The van der Waals surface area contributed by atoms with Crippen molar-refractivity contribution in [2.75, 3.05) is 18.6 Å². The van der Waals surface area contributed by atoms with Crippen molar-refractivity contribution in [2.45, 2.75) is 6.92 Å². The smallest absolute Gasteiger partial charge is 0.343 e. The minimum Gasteiger partial charge on any atom is -0.490 e. The minimum atomic E-state index is -0.664. The van der Waals surface area contributed by atoms with Crippen LogP contribution in [0.5, 0.6) is 5.75 Å². The van der Waals surface area contributed by atoms with E-state index in [-0.39, 0.29) is 5.57 Å². The van der Waals surface area contributed by atoms with Crippen LogP contribution in [-0.4, -0.2) is 25.5 Å². The lowest BCUT2D eigenvalue weighted by molar-refractivity contribution is -0.137. The van der Waals surface area contributed by atoms with Crippen LogP contribution in [0.15, 0.2) is 78.2 Å². The number of esters is 1. The van der Waals surface area contributed by atoms with Crippen LogP contribution >= 0.6 is 11.6 Å². The second kappa shape index (κ2) is 8.80. The molecule has 0 atom stereocenters. The summed E-state index contributed by atoms with van der Waals surface area (Å²) in [5.41, 5.74) is 2.37. The summed E-state index contributed by atoms with van der Waals surface area (Å²) in [7, 11) is 1.26. The van der Waals surface area contributed by atoms with Crippen molar-refractivity contribution in [3.05, 3.63) is 88.7 Å². The van der Waals surface area contributed by atoms with Gasteiger partial charge in [0.25, 0.3) is 0 Å². The second-order valence-corrected chi connectivity index (χ2v) is 6.73. The number of nitrogens with zero attached hydrogens (tertiary/aromatic N) is 1. The number of ether oxygens (including phenoxy) is 2. The third-order valence-electron chi connectivity index (χ3n) is 4.42. The average Bonchev–Trinajstić information content (AvgIpc) is 2.97. The predicted octanol–water partition coefficient (Wildman–Crippen LogP) is 4.78. The maximum absolute atomic E-state index is 13.0. The van der Waals surface area contributed by atoms with Crippen molar-refractivity contribution >= 4 is 35.1 Å². The fraction of sp³-hybridized carbons (Fsp3) is 0.130. The SMILES string of the molecule is C=CCOc1ccc(/C=C2/C(=O)C(C(=O)OC)=C(C)N2c2ccc(Cl)cc2)cc1. The Balaban J connectivity index is 2.03. The minimum absolute atomic E-state index is 0.0136. The first kappa shape index (κ1) is 20.4. The number of benzene rings is 2. The summed E-state index contributed by atoms with van der Waals surface area (Å²) < 4.78 is 10.3. The normalized spacial score (nSPS) is 15.1. The van der Waals surface area contributed by atoms with Crippen LogP contribution in [0.4, 0.5) is 5.69 Å². The molecule has 1 heterocycles. The van der Waals surface area contributed by atoms with Crippen molar-refractivity contribution < 1.29 is 19.1 Å². The molecule has 0 aliphatic carbocycles. The molecule has 0 spiro atoms. The lowest BCUT2D eigenvalue weighted by atomic mass is 10.1. The number of methoxy groups -OCH3 is 1. The Morgan fingerprint density at radius 2 is 1.79 bits per heavy atom. The van der Waals surface area contributed by atoms with Gasteiger partial charge in [-0.25, -0.2) is 4.79 Å². The molecule has 0 bridgehead atoms. The second-order valence-electron chi connectivity index (χ2n) is 6.29. The van der Waals surface area contributed by atoms with Gasteiger partial charge in [0.2, 0.25) is 5.78 Å². The van der Waals surface area contributed by atoms with Gasteiger partial charge in [-0.2, -0.15) is 0 Å². The molecule has 0 fully saturated rings. The number of carbonyl (C=O) groups excluding carboxylic acids is 2. The number of anilines is 1. The zero-order valence-electron chi connectivity index (χ0n) is 16.1. The van der Waals surface area contributed by atoms with Gasteiger partial charge in [-0.1, -0.05) is 36.4 Å². The van der Waals surface area contributed by atoms with E-state index in [1.54, 1.807) is 48.2 Å². The summed E-state index contributed by atoms with van der Waals surface area (Å²) in [5, 5.41) is 0.578. The fourth-order valence-corrected chi connectivity index (χ4v) is 3.18. The maximum Gasteiger partial charge on any atom is 0.343 e. The Kier molecular flexibility index (Phi) is 6.20. The highest BCUT2D eigenvalue weighted by molar-refractivity contribution is 6.31. The summed E-state index contributed by atoms with van der Waals surface area (Å²) in [4.78, 5) is 27.0. The van der Waals surface area contributed by atoms with E-state index in [1.165, 1.54) is 7.11 Å². The highest BCUT2D eigenvalue weighted by Crippen LogP contribution is 2.36. The molecule has 6 heteroatoms. The number of carbonyl (C=O) groups is 2. The molecule has 2 aromatic carbocycles. The summed E-state index contributed by atoms with van der Waals surface area (Å²) >= 11 is 6.00. The zero-order chi connectivity index (χ0) is 21.0. The van der Waals surface area contributed by atoms with Crippen LogP contribution in [-0.2, 0) is 14.3 Å². The molecule has 0 saturated carbocycles. The summed E-state index contributed by atoms with van der Waals surface area (Å²) in [6, 6.07) is 14.3. The Hall–Kier alpha value is -3.31. The molecule has 5 nitrogen and oxygen atoms in total. The lowest BCUT2D eigenvalue weighted by Crippen LogP contribution is -2.18. The first-order chi connectivity index (χ1) is 14.0. The highest BCUT2D eigenvalue weighted by Gasteiger charge is 2.38. The van der Waals surface area contributed by atoms with Crippen LogP contribution in [0.3, 0.4) is 0 Å². The Morgan fingerprint density at radius 3 is 2.38 bits per heavy atom. The Bertz CT molecular complexity index is 1000. The van der Waals surface area contributed by atoms with E-state index >= 15 is 0 Å². The molecule has 0 radical (unpaired) electrons. The Morgan fingerprint density at radius 1 is 1.14 bits per heavy atom. The van der Waals surface area contributed by atoms with E-state index in [9.17, 15) is 9.59 Å². The molecule has 0 unspecified atom stereocenters. The number of hydrogen-bond donors (Lipinski definition) is 0. The lowest BCUT2D eigenvalue weighted by Gasteiger charge is -2.21. The van der Waals surface area contributed by atoms with Crippen LogP contribution in [0.25, 0.3) is 6.08 Å². The third kappa shape index (κ3) is 4.25. The van der Waals surface area contributed by atoms with E-state index in [1.807, 2.05) is 24.3 Å².